The van der Waals surface area contributed by atoms with Crippen molar-refractivity contribution in [3.8, 4) is 0 Å². The number of methoxy groups -OCH3 is 1. The lowest BCUT2D eigenvalue weighted by molar-refractivity contribution is -0.126. The van der Waals surface area contributed by atoms with Gasteiger partial charge in [0, 0.05) is 6.42 Å². The number of rotatable bonds is 17. The molecule has 0 aliphatic heterocycles. The number of benzene rings is 1. The quantitative estimate of drug-likeness (QED) is 0.157. The maximum atomic E-state index is 11.8. The second kappa shape index (κ2) is 17.9. The number of unbranched alkanes of at least 4 members (excludes halogenated alkanes) is 10. The molecule has 7 nitrogen and oxygen atoms in total. The van der Waals surface area contributed by atoms with E-state index in [4.69, 9.17) is 0 Å². The lowest BCUT2D eigenvalue weighted by Crippen LogP contribution is -2.34. The Hall–Kier alpha value is -2.70. The lowest BCUT2D eigenvalue weighted by atomic mass is 10.1. The van der Waals surface area contributed by atoms with Gasteiger partial charge in [0.15, 0.2) is 0 Å². The Morgan fingerprint density at radius 1 is 0.844 bits per heavy atom. The number of hydrazone groups is 1. The van der Waals surface area contributed by atoms with Crippen LogP contribution in [0.4, 0.5) is 0 Å². The van der Waals surface area contributed by atoms with Crippen LogP contribution in [0.25, 0.3) is 0 Å². The van der Waals surface area contributed by atoms with E-state index in [1.54, 1.807) is 24.3 Å². The zero-order valence-corrected chi connectivity index (χ0v) is 19.7. The molecule has 0 spiro atoms. The molecular formula is C25H39N3O4. The van der Waals surface area contributed by atoms with Crippen molar-refractivity contribution in [3.05, 3.63) is 35.4 Å². The van der Waals surface area contributed by atoms with Crippen LogP contribution in [-0.2, 0) is 14.3 Å². The van der Waals surface area contributed by atoms with E-state index in [1.165, 1.54) is 64.7 Å². The van der Waals surface area contributed by atoms with Crippen LogP contribution in [-0.4, -0.2) is 37.7 Å². The Kier molecular flexibility index (Phi) is 15.3. The van der Waals surface area contributed by atoms with Gasteiger partial charge in [0.2, 0.25) is 5.91 Å². The molecule has 32 heavy (non-hydrogen) atoms. The van der Waals surface area contributed by atoms with Gasteiger partial charge in [-0.2, -0.15) is 5.10 Å². The summed E-state index contributed by atoms with van der Waals surface area (Å²) in [6.07, 6.45) is 15.5. The highest BCUT2D eigenvalue weighted by atomic mass is 16.5. The van der Waals surface area contributed by atoms with Gasteiger partial charge in [-0.25, -0.2) is 10.2 Å². The molecule has 2 amide bonds. The Morgan fingerprint density at radius 3 is 1.97 bits per heavy atom. The van der Waals surface area contributed by atoms with Gasteiger partial charge in [-0.15, -0.1) is 0 Å². The van der Waals surface area contributed by atoms with Gasteiger partial charge in [-0.05, 0) is 24.1 Å². The predicted molar refractivity (Wildman–Crippen MR) is 128 cm³/mol. The van der Waals surface area contributed by atoms with E-state index in [0.717, 1.165) is 24.8 Å². The number of hydrogen-bond acceptors (Lipinski definition) is 5. The van der Waals surface area contributed by atoms with Gasteiger partial charge in [-0.3, -0.25) is 9.59 Å². The third-order valence-corrected chi connectivity index (χ3v) is 5.19. The van der Waals surface area contributed by atoms with Crippen LogP contribution in [0.3, 0.4) is 0 Å². The summed E-state index contributed by atoms with van der Waals surface area (Å²) in [4.78, 5) is 35.0. The third kappa shape index (κ3) is 13.6. The minimum atomic E-state index is -0.411. The highest BCUT2D eigenvalue weighted by Crippen LogP contribution is 2.11. The zero-order valence-electron chi connectivity index (χ0n) is 19.7. The van der Waals surface area contributed by atoms with Crippen LogP contribution in [0, 0.1) is 0 Å². The molecule has 1 aromatic carbocycles. The molecule has 7 heteroatoms. The fourth-order valence-electron chi connectivity index (χ4n) is 3.26. The van der Waals surface area contributed by atoms with E-state index >= 15 is 0 Å². The number of nitrogens with zero attached hydrogens (tertiary/aromatic N) is 1. The first-order valence-electron chi connectivity index (χ1n) is 11.8. The van der Waals surface area contributed by atoms with Gasteiger partial charge in [0.25, 0.3) is 5.91 Å². The summed E-state index contributed by atoms with van der Waals surface area (Å²) >= 11 is 0. The topological polar surface area (TPSA) is 96.9 Å². The minimum Gasteiger partial charge on any atom is -0.465 e. The average molecular weight is 446 g/mol. The monoisotopic (exact) mass is 445 g/mol. The molecule has 1 aromatic rings. The summed E-state index contributed by atoms with van der Waals surface area (Å²) in [7, 11) is 1.32. The maximum Gasteiger partial charge on any atom is 0.337 e. The van der Waals surface area contributed by atoms with Gasteiger partial charge in [0.1, 0.15) is 0 Å². The Labute approximate surface area is 192 Å². The summed E-state index contributed by atoms with van der Waals surface area (Å²) < 4.78 is 4.64. The van der Waals surface area contributed by atoms with Crippen LogP contribution >= 0.6 is 0 Å². The normalized spacial score (nSPS) is 10.8. The number of esters is 1. The Morgan fingerprint density at radius 2 is 1.41 bits per heavy atom. The molecular weight excluding hydrogens is 406 g/mol. The standard InChI is InChI=1S/C25H39N3O4/c1-3-4-5-6-7-8-9-10-11-12-13-14-23(29)26-20-24(30)28-27-19-21-15-17-22(18-16-21)25(31)32-2/h15-19H,3-14,20H2,1-2H3,(H,26,29)(H,28,30)/b27-19+. The number of ether oxygens (including phenoxy) is 1. The number of amides is 2. The Balaban J connectivity index is 2.04. The van der Waals surface area contributed by atoms with Crippen LogP contribution in [0.15, 0.2) is 29.4 Å². The van der Waals surface area contributed by atoms with E-state index in [9.17, 15) is 14.4 Å². The third-order valence-electron chi connectivity index (χ3n) is 5.19. The van der Waals surface area contributed by atoms with Crippen LogP contribution in [0.5, 0.6) is 0 Å². The zero-order chi connectivity index (χ0) is 23.4. The fourth-order valence-corrected chi connectivity index (χ4v) is 3.26. The molecule has 0 saturated carbocycles. The molecule has 0 aliphatic rings. The molecule has 178 valence electrons. The summed E-state index contributed by atoms with van der Waals surface area (Å²) in [5.41, 5.74) is 3.53. The first-order chi connectivity index (χ1) is 15.6. The molecule has 0 unspecified atom stereocenters. The van der Waals surface area contributed by atoms with Crippen LogP contribution in [0.2, 0.25) is 0 Å². The SMILES string of the molecule is CCCCCCCCCCCCCC(=O)NCC(=O)N/N=C/c1ccc(C(=O)OC)cc1. The molecule has 1 rings (SSSR count). The van der Waals surface area contributed by atoms with Crippen molar-refractivity contribution < 1.29 is 19.1 Å². The van der Waals surface area contributed by atoms with Crippen molar-refractivity contribution in [3.63, 3.8) is 0 Å². The molecule has 0 atom stereocenters. The van der Waals surface area contributed by atoms with Crippen molar-refractivity contribution in [2.75, 3.05) is 13.7 Å². The first kappa shape index (κ1) is 27.3. The highest BCUT2D eigenvalue weighted by molar-refractivity contribution is 5.91. The van der Waals surface area contributed by atoms with Gasteiger partial charge >= 0.3 is 5.97 Å². The molecule has 0 radical (unpaired) electrons. The van der Waals surface area contributed by atoms with E-state index in [2.05, 4.69) is 27.5 Å². The van der Waals surface area contributed by atoms with Crippen molar-refractivity contribution in [2.45, 2.75) is 84.0 Å². The molecule has 0 bridgehead atoms. The smallest absolute Gasteiger partial charge is 0.337 e. The van der Waals surface area contributed by atoms with E-state index in [0.29, 0.717) is 12.0 Å². The number of carbonyl (C=O) groups excluding carboxylic acids is 3. The number of nitrogens with one attached hydrogen (secondary N) is 2. The van der Waals surface area contributed by atoms with E-state index < -0.39 is 5.97 Å². The van der Waals surface area contributed by atoms with Gasteiger partial charge < -0.3 is 10.1 Å². The van der Waals surface area contributed by atoms with Crippen molar-refractivity contribution in [1.29, 1.82) is 0 Å². The number of carbonyl (C=O) groups is 3. The fraction of sp³-hybridized carbons (Fsp3) is 0.600. The van der Waals surface area contributed by atoms with E-state index in [1.807, 2.05) is 0 Å². The maximum absolute atomic E-state index is 11.8. The largest absolute Gasteiger partial charge is 0.465 e. The Bertz CT molecular complexity index is 702. The predicted octanol–water partition coefficient (Wildman–Crippen LogP) is 4.74. The molecule has 2 N–H and O–H groups in total. The highest BCUT2D eigenvalue weighted by Gasteiger charge is 2.05. The molecule has 0 fully saturated rings. The van der Waals surface area contributed by atoms with Gasteiger partial charge in [-0.1, -0.05) is 83.3 Å². The van der Waals surface area contributed by atoms with Crippen molar-refractivity contribution in [2.24, 2.45) is 5.10 Å². The number of hydrogen-bond donors (Lipinski definition) is 2. The first-order valence-corrected chi connectivity index (χ1v) is 11.8. The summed E-state index contributed by atoms with van der Waals surface area (Å²) in [6, 6.07) is 6.61. The average Bonchev–Trinajstić information content (AvgIpc) is 2.81. The molecule has 0 saturated heterocycles. The summed E-state index contributed by atoms with van der Waals surface area (Å²) in [5.74, 6) is -0.913. The van der Waals surface area contributed by atoms with Crippen LogP contribution < -0.4 is 10.7 Å². The minimum absolute atomic E-state index is 0.102. The molecule has 0 heterocycles. The van der Waals surface area contributed by atoms with Gasteiger partial charge in [0.05, 0.1) is 25.4 Å². The lowest BCUT2D eigenvalue weighted by Gasteiger charge is -2.05. The summed E-state index contributed by atoms with van der Waals surface area (Å²) in [5, 5.41) is 6.47. The van der Waals surface area contributed by atoms with E-state index in [-0.39, 0.29) is 18.4 Å². The van der Waals surface area contributed by atoms with Crippen molar-refractivity contribution >= 4 is 24.0 Å². The molecule has 0 aromatic heterocycles. The summed E-state index contributed by atoms with van der Waals surface area (Å²) in [6.45, 7) is 2.14. The second-order valence-corrected chi connectivity index (χ2v) is 7.97. The molecule has 0 aliphatic carbocycles. The second-order valence-electron chi connectivity index (χ2n) is 7.97. The van der Waals surface area contributed by atoms with Crippen molar-refractivity contribution in [1.82, 2.24) is 10.7 Å². The van der Waals surface area contributed by atoms with Crippen LogP contribution in [0.1, 0.15) is 99.9 Å².